The molecule has 3 N–H and O–H groups in total. The number of carbonyl (C=O) groups is 2. The Kier molecular flexibility index (Phi) is 50.6. The molecule has 6 nitrogen and oxygen atoms in total. The highest BCUT2D eigenvalue weighted by Gasteiger charge is 2.18. The van der Waals surface area contributed by atoms with Crippen molar-refractivity contribution >= 4 is 11.9 Å². The molecule has 0 aromatic carbocycles. The fourth-order valence-electron chi connectivity index (χ4n) is 8.45. The molecule has 0 saturated heterocycles. The van der Waals surface area contributed by atoms with Crippen LogP contribution in [0.2, 0.25) is 0 Å². The van der Waals surface area contributed by atoms with Crippen LogP contribution >= 0.6 is 0 Å². The molecule has 2 atom stereocenters. The van der Waals surface area contributed by atoms with E-state index in [9.17, 15) is 19.8 Å². The summed E-state index contributed by atoms with van der Waals surface area (Å²) in [7, 11) is 0. The van der Waals surface area contributed by atoms with E-state index in [1.807, 2.05) is 6.08 Å². The smallest absolute Gasteiger partial charge is 0.305 e. The van der Waals surface area contributed by atoms with Crippen LogP contribution in [0.25, 0.3) is 0 Å². The van der Waals surface area contributed by atoms with Crippen molar-refractivity contribution in [1.29, 1.82) is 0 Å². The molecule has 0 aromatic heterocycles. The minimum Gasteiger partial charge on any atom is -0.466 e. The number of amides is 1. The predicted octanol–water partition coefficient (Wildman–Crippen LogP) is 16.7. The molecular weight excluding hydrogens is 767 g/mol. The van der Waals surface area contributed by atoms with Gasteiger partial charge in [-0.3, -0.25) is 9.59 Å². The zero-order chi connectivity index (χ0) is 45.1. The van der Waals surface area contributed by atoms with E-state index in [2.05, 4.69) is 31.3 Å². The Balaban J connectivity index is 3.47. The van der Waals surface area contributed by atoms with E-state index in [0.29, 0.717) is 19.4 Å². The topological polar surface area (TPSA) is 95.9 Å². The van der Waals surface area contributed by atoms with Crippen LogP contribution in [0.3, 0.4) is 0 Å². The lowest BCUT2D eigenvalue weighted by Crippen LogP contribution is -2.45. The molecule has 0 rings (SSSR count). The van der Waals surface area contributed by atoms with Gasteiger partial charge in [0.1, 0.15) is 0 Å². The van der Waals surface area contributed by atoms with E-state index < -0.39 is 12.1 Å². The molecule has 0 spiro atoms. The Morgan fingerprint density at radius 3 is 1.16 bits per heavy atom. The van der Waals surface area contributed by atoms with Gasteiger partial charge in [-0.2, -0.15) is 0 Å². The Labute approximate surface area is 386 Å². The molecule has 0 aromatic rings. The number of hydrogen-bond donors (Lipinski definition) is 3. The standard InChI is InChI=1S/C56H107NO5/c1-3-5-7-9-11-13-15-17-18-19-21-25-28-32-36-40-44-48-54(59)53(52-58)57-55(60)49-45-41-37-33-29-26-22-20-23-27-31-35-39-43-47-51-62-56(61)50-46-42-38-34-30-24-16-14-12-10-8-6-4-2/h14,16,44,48,53-54,58-59H,3-13,15,17-43,45-47,49-52H2,1-2H3,(H,57,60)/b16-14-,48-44+. The molecule has 0 radical (unpaired) electrons. The van der Waals surface area contributed by atoms with Crippen LogP contribution in [0.1, 0.15) is 296 Å². The maximum atomic E-state index is 12.5. The minimum absolute atomic E-state index is 0.00964. The summed E-state index contributed by atoms with van der Waals surface area (Å²) in [6.45, 7) is 4.88. The normalized spacial score (nSPS) is 12.8. The highest BCUT2D eigenvalue weighted by atomic mass is 16.5. The van der Waals surface area contributed by atoms with Crippen LogP contribution in [0.15, 0.2) is 24.3 Å². The van der Waals surface area contributed by atoms with E-state index in [0.717, 1.165) is 51.4 Å². The van der Waals surface area contributed by atoms with Gasteiger partial charge in [0, 0.05) is 12.8 Å². The summed E-state index contributed by atoms with van der Waals surface area (Å²) in [5.74, 6) is -0.0849. The lowest BCUT2D eigenvalue weighted by Gasteiger charge is -2.20. The molecule has 0 aliphatic heterocycles. The van der Waals surface area contributed by atoms with E-state index >= 15 is 0 Å². The molecule has 0 saturated carbocycles. The van der Waals surface area contributed by atoms with E-state index in [4.69, 9.17) is 4.74 Å². The lowest BCUT2D eigenvalue weighted by molar-refractivity contribution is -0.143. The Morgan fingerprint density at radius 1 is 0.435 bits per heavy atom. The average Bonchev–Trinajstić information content (AvgIpc) is 3.27. The number of aliphatic hydroxyl groups excluding tert-OH is 2. The first-order chi connectivity index (χ1) is 30.5. The van der Waals surface area contributed by atoms with Gasteiger partial charge in [0.25, 0.3) is 0 Å². The van der Waals surface area contributed by atoms with Gasteiger partial charge in [0.05, 0.1) is 25.4 Å². The third kappa shape index (κ3) is 47.8. The number of esters is 1. The summed E-state index contributed by atoms with van der Waals surface area (Å²) in [4.78, 5) is 24.5. The van der Waals surface area contributed by atoms with Crippen molar-refractivity contribution < 1.29 is 24.5 Å². The second-order valence-corrected chi connectivity index (χ2v) is 18.9. The van der Waals surface area contributed by atoms with Gasteiger partial charge in [-0.25, -0.2) is 0 Å². The zero-order valence-corrected chi connectivity index (χ0v) is 41.6. The van der Waals surface area contributed by atoms with Gasteiger partial charge in [0.15, 0.2) is 0 Å². The zero-order valence-electron chi connectivity index (χ0n) is 41.6. The Morgan fingerprint density at radius 2 is 0.758 bits per heavy atom. The summed E-state index contributed by atoms with van der Waals surface area (Å²) in [5.41, 5.74) is 0. The van der Waals surface area contributed by atoms with Gasteiger partial charge in [-0.15, -0.1) is 0 Å². The largest absolute Gasteiger partial charge is 0.466 e. The molecule has 0 heterocycles. The highest BCUT2D eigenvalue weighted by molar-refractivity contribution is 5.76. The van der Waals surface area contributed by atoms with Gasteiger partial charge in [0.2, 0.25) is 5.91 Å². The molecule has 366 valence electrons. The van der Waals surface area contributed by atoms with Crippen molar-refractivity contribution in [2.75, 3.05) is 13.2 Å². The summed E-state index contributed by atoms with van der Waals surface area (Å²) in [6, 6.07) is -0.634. The van der Waals surface area contributed by atoms with Crippen LogP contribution in [-0.2, 0) is 14.3 Å². The van der Waals surface area contributed by atoms with E-state index in [1.165, 1.54) is 218 Å². The van der Waals surface area contributed by atoms with Crippen LogP contribution in [0, 0.1) is 0 Å². The molecule has 6 heteroatoms. The monoisotopic (exact) mass is 874 g/mol. The predicted molar refractivity (Wildman–Crippen MR) is 269 cm³/mol. The van der Waals surface area contributed by atoms with Gasteiger partial charge < -0.3 is 20.3 Å². The SMILES string of the molecule is CCCCCC/C=C\CCCCCCCC(=O)OCCCCCCCCCCCCCCCCCC(=O)NC(CO)C(O)/C=C/CCCCCCCCCCCCCCCCC. The number of unbranched alkanes of at least 4 members (excludes halogenated alkanes) is 38. The number of carbonyl (C=O) groups excluding carboxylic acids is 2. The molecule has 2 unspecified atom stereocenters. The first kappa shape index (κ1) is 60.3. The van der Waals surface area contributed by atoms with Crippen LogP contribution in [0.4, 0.5) is 0 Å². The molecule has 0 fully saturated rings. The number of rotatable bonds is 51. The molecular formula is C56H107NO5. The van der Waals surface area contributed by atoms with Crippen molar-refractivity contribution in [1.82, 2.24) is 5.32 Å². The van der Waals surface area contributed by atoms with E-state index in [1.54, 1.807) is 6.08 Å². The molecule has 0 aliphatic rings. The molecule has 62 heavy (non-hydrogen) atoms. The second-order valence-electron chi connectivity index (χ2n) is 18.9. The maximum Gasteiger partial charge on any atom is 0.305 e. The molecule has 1 amide bonds. The third-order valence-electron chi connectivity index (χ3n) is 12.7. The number of aliphatic hydroxyl groups is 2. The first-order valence-electron chi connectivity index (χ1n) is 27.6. The first-order valence-corrected chi connectivity index (χ1v) is 27.6. The lowest BCUT2D eigenvalue weighted by atomic mass is 10.0. The minimum atomic E-state index is -0.850. The fourth-order valence-corrected chi connectivity index (χ4v) is 8.45. The average molecular weight is 874 g/mol. The van der Waals surface area contributed by atoms with Gasteiger partial charge >= 0.3 is 5.97 Å². The number of nitrogens with one attached hydrogen (secondary N) is 1. The highest BCUT2D eigenvalue weighted by Crippen LogP contribution is 2.16. The summed E-state index contributed by atoms with van der Waals surface area (Å²) in [6.07, 6.45) is 61.8. The number of allylic oxidation sites excluding steroid dienone is 3. The molecule has 0 bridgehead atoms. The second kappa shape index (κ2) is 52.0. The van der Waals surface area contributed by atoms with Gasteiger partial charge in [-0.05, 0) is 57.8 Å². The van der Waals surface area contributed by atoms with Crippen LogP contribution in [-0.4, -0.2) is 47.4 Å². The van der Waals surface area contributed by atoms with Crippen molar-refractivity contribution in [3.05, 3.63) is 24.3 Å². The quantitative estimate of drug-likeness (QED) is 0.0321. The summed E-state index contributed by atoms with van der Waals surface area (Å²) in [5, 5.41) is 23.1. The van der Waals surface area contributed by atoms with E-state index in [-0.39, 0.29) is 18.5 Å². The Bertz CT molecular complexity index is 966. The van der Waals surface area contributed by atoms with Crippen molar-refractivity contribution in [2.45, 2.75) is 309 Å². The summed E-state index contributed by atoms with van der Waals surface area (Å²) < 4.78 is 5.46. The Hall–Kier alpha value is -1.66. The molecule has 0 aliphatic carbocycles. The van der Waals surface area contributed by atoms with Gasteiger partial charge in [-0.1, -0.05) is 250 Å². The van der Waals surface area contributed by atoms with Crippen LogP contribution < -0.4 is 5.32 Å². The van der Waals surface area contributed by atoms with Crippen molar-refractivity contribution in [3.63, 3.8) is 0 Å². The fraction of sp³-hybridized carbons (Fsp3) is 0.893. The third-order valence-corrected chi connectivity index (χ3v) is 12.7. The maximum absolute atomic E-state index is 12.5. The van der Waals surface area contributed by atoms with Crippen molar-refractivity contribution in [3.8, 4) is 0 Å². The van der Waals surface area contributed by atoms with Crippen LogP contribution in [0.5, 0.6) is 0 Å². The number of ether oxygens (including phenoxy) is 1. The van der Waals surface area contributed by atoms with Crippen molar-refractivity contribution in [2.24, 2.45) is 0 Å². The summed E-state index contributed by atoms with van der Waals surface area (Å²) >= 11 is 0. The number of hydrogen-bond acceptors (Lipinski definition) is 5.